The Morgan fingerprint density at radius 1 is 1.36 bits per heavy atom. The Bertz CT molecular complexity index is 944. The van der Waals surface area contributed by atoms with Gasteiger partial charge in [0.2, 0.25) is 5.91 Å². The van der Waals surface area contributed by atoms with Gasteiger partial charge in [0.1, 0.15) is 16.8 Å². The quantitative estimate of drug-likeness (QED) is 0.537. The van der Waals surface area contributed by atoms with Gasteiger partial charge in [-0.2, -0.15) is 5.26 Å². The Balaban J connectivity index is 2.13. The van der Waals surface area contributed by atoms with Gasteiger partial charge in [0, 0.05) is 5.02 Å². The molecule has 1 heterocycles. The third-order valence-electron chi connectivity index (χ3n) is 3.57. The Morgan fingerprint density at radius 3 is 2.75 bits per heavy atom. The van der Waals surface area contributed by atoms with Crippen LogP contribution in [0.1, 0.15) is 28.5 Å². The molecule has 28 heavy (non-hydrogen) atoms. The molecule has 2 rings (SSSR count). The molecule has 0 radical (unpaired) electrons. The van der Waals surface area contributed by atoms with Gasteiger partial charge >= 0.3 is 5.97 Å². The van der Waals surface area contributed by atoms with Crippen LogP contribution in [0.5, 0.6) is 5.75 Å². The average molecular weight is 420 g/mol. The van der Waals surface area contributed by atoms with Crippen LogP contribution < -0.4 is 10.1 Å². The molecule has 0 bridgehead atoms. The van der Waals surface area contributed by atoms with E-state index in [9.17, 15) is 14.9 Å². The van der Waals surface area contributed by atoms with E-state index in [1.54, 1.807) is 32.0 Å². The maximum atomic E-state index is 12.3. The molecule has 9 heteroatoms. The van der Waals surface area contributed by atoms with Crippen molar-refractivity contribution >= 4 is 40.9 Å². The molecule has 7 nitrogen and oxygen atoms in total. The van der Waals surface area contributed by atoms with E-state index in [-0.39, 0.29) is 29.4 Å². The number of nitriles is 1. The number of carbonyl (C=O) groups is 2. The third-order valence-corrected chi connectivity index (χ3v) is 4.80. The van der Waals surface area contributed by atoms with Crippen LogP contribution in [-0.2, 0) is 9.53 Å². The lowest BCUT2D eigenvalue weighted by molar-refractivity contribution is -0.113. The second-order valence-corrected chi connectivity index (χ2v) is 6.89. The van der Waals surface area contributed by atoms with Gasteiger partial charge < -0.3 is 14.8 Å². The fraction of sp³-hybridized carbons (Fsp3) is 0.263. The first kappa shape index (κ1) is 21.5. The molecule has 0 aliphatic rings. The van der Waals surface area contributed by atoms with Gasteiger partial charge in [-0.25, -0.2) is 9.78 Å². The van der Waals surface area contributed by atoms with Crippen molar-refractivity contribution in [1.82, 2.24) is 4.98 Å². The highest BCUT2D eigenvalue weighted by Crippen LogP contribution is 2.28. The topological polar surface area (TPSA) is 101 Å². The van der Waals surface area contributed by atoms with Crippen molar-refractivity contribution in [2.75, 3.05) is 24.8 Å². The zero-order chi connectivity index (χ0) is 20.7. The summed E-state index contributed by atoms with van der Waals surface area (Å²) in [6.45, 7) is 3.57. The number of anilines is 1. The molecule has 0 atom stereocenters. The van der Waals surface area contributed by atoms with Crippen LogP contribution >= 0.6 is 23.4 Å². The highest BCUT2D eigenvalue weighted by Gasteiger charge is 2.17. The number of benzene rings is 1. The Morgan fingerprint density at radius 2 is 2.11 bits per heavy atom. The number of pyridine rings is 1. The molecular formula is C19H18ClN3O4S. The summed E-state index contributed by atoms with van der Waals surface area (Å²) in [5, 5.41) is 12.9. The van der Waals surface area contributed by atoms with E-state index >= 15 is 0 Å². The van der Waals surface area contributed by atoms with Crippen molar-refractivity contribution in [3.8, 4) is 11.8 Å². The second kappa shape index (κ2) is 9.97. The summed E-state index contributed by atoms with van der Waals surface area (Å²) in [4.78, 5) is 28.5. The number of hydrogen-bond acceptors (Lipinski definition) is 7. The van der Waals surface area contributed by atoms with Gasteiger partial charge in [0.05, 0.1) is 42.0 Å². The summed E-state index contributed by atoms with van der Waals surface area (Å²) in [5.41, 5.74) is 1.31. The molecule has 146 valence electrons. The lowest BCUT2D eigenvalue weighted by atomic mass is 10.1. The molecule has 0 saturated carbocycles. The monoisotopic (exact) mass is 419 g/mol. The van der Waals surface area contributed by atoms with E-state index in [2.05, 4.69) is 10.3 Å². The average Bonchev–Trinajstić information content (AvgIpc) is 2.66. The van der Waals surface area contributed by atoms with E-state index in [0.717, 1.165) is 11.8 Å². The summed E-state index contributed by atoms with van der Waals surface area (Å²) in [7, 11) is 1.49. The van der Waals surface area contributed by atoms with E-state index in [1.807, 2.05) is 6.07 Å². The van der Waals surface area contributed by atoms with Crippen LogP contribution in [-0.4, -0.2) is 36.3 Å². The zero-order valence-electron chi connectivity index (χ0n) is 15.5. The van der Waals surface area contributed by atoms with E-state index in [0.29, 0.717) is 27.2 Å². The maximum Gasteiger partial charge on any atom is 0.340 e. The largest absolute Gasteiger partial charge is 0.495 e. The number of aryl methyl sites for hydroxylation is 1. The second-order valence-electron chi connectivity index (χ2n) is 5.49. The number of ether oxygens (including phenoxy) is 2. The summed E-state index contributed by atoms with van der Waals surface area (Å²) in [6, 6.07) is 8.32. The first-order valence-electron chi connectivity index (χ1n) is 8.24. The summed E-state index contributed by atoms with van der Waals surface area (Å²) in [6.07, 6.45) is 0. The van der Waals surface area contributed by atoms with Gasteiger partial charge in [-0.15, -0.1) is 0 Å². The summed E-state index contributed by atoms with van der Waals surface area (Å²) >= 11 is 7.05. The number of nitrogens with zero attached hydrogens (tertiary/aromatic N) is 2. The number of thioether (sulfide) groups is 1. The number of rotatable bonds is 7. The Kier molecular flexibility index (Phi) is 7.67. The molecule has 0 spiro atoms. The number of amides is 1. The van der Waals surface area contributed by atoms with Gasteiger partial charge in [0.25, 0.3) is 0 Å². The number of methoxy groups -OCH3 is 1. The minimum Gasteiger partial charge on any atom is -0.495 e. The van der Waals surface area contributed by atoms with Crippen molar-refractivity contribution in [1.29, 1.82) is 5.26 Å². The molecule has 2 aromatic rings. The van der Waals surface area contributed by atoms with Crippen molar-refractivity contribution in [3.05, 3.63) is 46.1 Å². The molecular weight excluding hydrogens is 402 g/mol. The number of aromatic nitrogens is 1. The lowest BCUT2D eigenvalue weighted by Crippen LogP contribution is -2.15. The first-order valence-corrected chi connectivity index (χ1v) is 9.61. The molecule has 1 amide bonds. The van der Waals surface area contributed by atoms with E-state index in [1.165, 1.54) is 13.2 Å². The van der Waals surface area contributed by atoms with Crippen LogP contribution in [0.15, 0.2) is 29.3 Å². The van der Waals surface area contributed by atoms with Crippen molar-refractivity contribution < 1.29 is 19.1 Å². The smallest absolute Gasteiger partial charge is 0.340 e. The molecule has 0 unspecified atom stereocenters. The van der Waals surface area contributed by atoms with Gasteiger partial charge in [-0.1, -0.05) is 23.4 Å². The van der Waals surface area contributed by atoms with Crippen LogP contribution in [0, 0.1) is 18.3 Å². The molecule has 0 aliphatic carbocycles. The maximum absolute atomic E-state index is 12.3. The fourth-order valence-electron chi connectivity index (χ4n) is 2.29. The minimum absolute atomic E-state index is 0.00946. The number of esters is 1. The van der Waals surface area contributed by atoms with Gasteiger partial charge in [0.15, 0.2) is 0 Å². The van der Waals surface area contributed by atoms with E-state index in [4.69, 9.17) is 21.1 Å². The summed E-state index contributed by atoms with van der Waals surface area (Å²) < 4.78 is 10.2. The first-order chi connectivity index (χ1) is 13.4. The van der Waals surface area contributed by atoms with Crippen molar-refractivity contribution in [2.24, 2.45) is 0 Å². The predicted octanol–water partition coefficient (Wildman–Crippen LogP) is 3.83. The molecule has 1 aromatic heterocycles. The number of hydrogen-bond donors (Lipinski definition) is 1. The van der Waals surface area contributed by atoms with Crippen LogP contribution in [0.2, 0.25) is 5.02 Å². The van der Waals surface area contributed by atoms with Gasteiger partial charge in [-0.05, 0) is 38.1 Å². The van der Waals surface area contributed by atoms with Crippen LogP contribution in [0.4, 0.5) is 5.69 Å². The zero-order valence-corrected chi connectivity index (χ0v) is 17.1. The molecule has 0 aliphatic heterocycles. The highest BCUT2D eigenvalue weighted by atomic mass is 35.5. The van der Waals surface area contributed by atoms with Crippen molar-refractivity contribution in [3.63, 3.8) is 0 Å². The highest BCUT2D eigenvalue weighted by molar-refractivity contribution is 8.00. The summed E-state index contributed by atoms with van der Waals surface area (Å²) in [5.74, 6) is -0.363. The lowest BCUT2D eigenvalue weighted by Gasteiger charge is -2.11. The SMILES string of the molecule is CCOC(=O)c1cc(C#N)c(SCC(=O)Nc2cc(Cl)ccc2OC)nc1C. The van der Waals surface area contributed by atoms with Gasteiger partial charge in [-0.3, -0.25) is 4.79 Å². The number of carbonyl (C=O) groups excluding carboxylic acids is 2. The Labute approximate surface area is 172 Å². The van der Waals surface area contributed by atoms with Crippen LogP contribution in [0.25, 0.3) is 0 Å². The fourth-order valence-corrected chi connectivity index (χ4v) is 3.26. The third kappa shape index (κ3) is 5.38. The number of halogens is 1. The van der Waals surface area contributed by atoms with Crippen molar-refractivity contribution in [2.45, 2.75) is 18.9 Å². The normalized spacial score (nSPS) is 10.1. The molecule has 0 saturated heterocycles. The Hall–Kier alpha value is -2.76. The molecule has 1 aromatic carbocycles. The standard InChI is InChI=1S/C19H18ClN3O4S/c1-4-27-19(25)14-7-12(9-21)18(22-11(14)2)28-10-17(24)23-15-8-13(20)5-6-16(15)26-3/h5-8H,4,10H2,1-3H3,(H,23,24). The van der Waals surface area contributed by atoms with Crippen LogP contribution in [0.3, 0.4) is 0 Å². The molecule has 0 fully saturated rings. The van der Waals surface area contributed by atoms with E-state index < -0.39 is 5.97 Å². The number of nitrogens with one attached hydrogen (secondary N) is 1. The molecule has 1 N–H and O–H groups in total. The minimum atomic E-state index is -0.536. The predicted molar refractivity (Wildman–Crippen MR) is 107 cm³/mol.